The van der Waals surface area contributed by atoms with Crippen molar-refractivity contribution in [3.8, 4) is 30.6 Å². The van der Waals surface area contributed by atoms with Crippen LogP contribution in [0, 0.1) is 17.7 Å². The molecule has 346 valence electrons. The molecule has 0 N–H and O–H groups in total. The molecule has 0 saturated heterocycles. The molecule has 1 aromatic carbocycles. The molecule has 0 aliphatic rings. The molecule has 7 rings (SSSR count). The van der Waals surface area contributed by atoms with E-state index in [0.717, 1.165) is 38.6 Å². The average Bonchev–Trinajstić information content (AvgIpc) is 4.14. The third kappa shape index (κ3) is 10.3. The fourth-order valence-electron chi connectivity index (χ4n) is 8.75. The molecule has 0 aliphatic carbocycles. The Kier molecular flexibility index (Phi) is 16.4. The van der Waals surface area contributed by atoms with Crippen LogP contribution in [0.15, 0.2) is 36.4 Å². The number of fused-ring (bicyclic) bond motifs is 3. The number of thiophene rings is 6. The minimum atomic E-state index is -0.618. The van der Waals surface area contributed by atoms with E-state index in [1.54, 1.807) is 11.3 Å². The Morgan fingerprint density at radius 2 is 1.25 bits per heavy atom. The minimum Gasteiger partial charge on any atom is -0.459 e. The van der Waals surface area contributed by atoms with Gasteiger partial charge in [0.15, 0.2) is 5.82 Å². The predicted molar refractivity (Wildman–Crippen MR) is 285 cm³/mol. The van der Waals surface area contributed by atoms with E-state index in [9.17, 15) is 4.79 Å². The van der Waals surface area contributed by atoms with Crippen LogP contribution < -0.4 is 0 Å². The molecular weight excluding hydrogens is 908 g/mol. The van der Waals surface area contributed by atoms with Gasteiger partial charge in [-0.3, -0.25) is 0 Å². The quantitative estimate of drug-likeness (QED) is 0.0501. The lowest BCUT2D eigenvalue weighted by molar-refractivity contribution is 0.0336. The van der Waals surface area contributed by atoms with Crippen molar-refractivity contribution in [1.29, 1.82) is 0 Å². The van der Waals surface area contributed by atoms with Crippen LogP contribution >= 0.6 is 68.0 Å². The van der Waals surface area contributed by atoms with Crippen molar-refractivity contribution in [2.24, 2.45) is 11.8 Å². The Balaban J connectivity index is 1.49. The van der Waals surface area contributed by atoms with Crippen molar-refractivity contribution in [3.63, 3.8) is 0 Å². The third-order valence-corrected chi connectivity index (χ3v) is 21.1. The Hall–Kier alpha value is -2.44. The van der Waals surface area contributed by atoms with E-state index >= 15 is 4.39 Å². The first kappa shape index (κ1) is 49.5. The first-order chi connectivity index (χ1) is 30.7. The molecule has 6 heterocycles. The summed E-state index contributed by atoms with van der Waals surface area (Å²) >= 11 is 10.7. The highest BCUT2D eigenvalue weighted by Crippen LogP contribution is 2.57. The van der Waals surface area contributed by atoms with Gasteiger partial charge in [0.1, 0.15) is 11.5 Å². The third-order valence-electron chi connectivity index (χ3n) is 13.1. The monoisotopic (exact) mass is 976 g/mol. The Bertz CT molecular complexity index is 2560. The summed E-state index contributed by atoms with van der Waals surface area (Å²) in [6, 6.07) is 14.5. The van der Waals surface area contributed by atoms with Gasteiger partial charge in [-0.05, 0) is 85.3 Å². The lowest BCUT2D eigenvalue weighted by Crippen LogP contribution is -2.14. The summed E-state index contributed by atoms with van der Waals surface area (Å²) in [5.74, 6) is 0.314. The van der Waals surface area contributed by atoms with Crippen LogP contribution in [0.4, 0.5) is 4.39 Å². The number of hydrogen-bond donors (Lipinski definition) is 0. The van der Waals surface area contributed by atoms with Crippen LogP contribution in [0.25, 0.3) is 60.9 Å². The molecule has 10 heteroatoms. The molecule has 7 aromatic rings. The number of rotatable bonds is 22. The number of carbonyl (C=O) groups excluding carboxylic acids is 1. The molecule has 6 aromatic heterocycles. The van der Waals surface area contributed by atoms with Crippen molar-refractivity contribution in [1.82, 2.24) is 0 Å². The second kappa shape index (κ2) is 21.2. The van der Waals surface area contributed by atoms with Gasteiger partial charge in [-0.25, -0.2) is 9.18 Å². The normalized spacial score (nSPS) is 13.6. The zero-order valence-corrected chi connectivity index (χ0v) is 45.0. The summed E-state index contributed by atoms with van der Waals surface area (Å²) in [6.07, 6.45) is 13.1. The van der Waals surface area contributed by atoms with E-state index in [0.29, 0.717) is 23.8 Å². The number of halogens is 1. The first-order valence-electron chi connectivity index (χ1n) is 23.9. The fourth-order valence-corrected chi connectivity index (χ4v) is 16.7. The van der Waals surface area contributed by atoms with Gasteiger partial charge in [0.25, 0.3) is 0 Å². The molecule has 2 unspecified atom stereocenters. The van der Waals surface area contributed by atoms with Crippen LogP contribution in [0.5, 0.6) is 0 Å². The van der Waals surface area contributed by atoms with E-state index in [1.165, 1.54) is 118 Å². The van der Waals surface area contributed by atoms with E-state index in [2.05, 4.69) is 106 Å². The van der Waals surface area contributed by atoms with Crippen molar-refractivity contribution < 1.29 is 18.7 Å². The van der Waals surface area contributed by atoms with E-state index < -0.39 is 11.8 Å². The lowest BCUT2D eigenvalue weighted by Gasteiger charge is -2.21. The van der Waals surface area contributed by atoms with Crippen LogP contribution in [0.3, 0.4) is 0 Å². The molecule has 0 fully saturated rings. The van der Waals surface area contributed by atoms with Gasteiger partial charge >= 0.3 is 5.97 Å². The van der Waals surface area contributed by atoms with E-state index in [1.807, 2.05) is 52.3 Å². The lowest BCUT2D eigenvalue weighted by atomic mass is 9.87. The maximum atomic E-state index is 16.8. The first-order valence-corrected chi connectivity index (χ1v) is 28.8. The molecule has 0 amide bonds. The highest BCUT2D eigenvalue weighted by molar-refractivity contribution is 7.32. The van der Waals surface area contributed by atoms with Crippen molar-refractivity contribution >= 4 is 104 Å². The number of carbonyl (C=O) groups is 1. The maximum absolute atomic E-state index is 16.8. The Morgan fingerprint density at radius 1 is 0.672 bits per heavy atom. The van der Waals surface area contributed by atoms with Gasteiger partial charge in [-0.2, -0.15) is 0 Å². The molecule has 0 radical (unpaired) electrons. The van der Waals surface area contributed by atoms with E-state index in [4.69, 9.17) is 9.47 Å². The highest BCUT2D eigenvalue weighted by Gasteiger charge is 2.34. The van der Waals surface area contributed by atoms with Crippen LogP contribution in [-0.4, -0.2) is 25.8 Å². The molecule has 64 heavy (non-hydrogen) atoms. The molecular formula is C54H69FO3S6. The van der Waals surface area contributed by atoms with Gasteiger partial charge in [-0.1, -0.05) is 121 Å². The maximum Gasteiger partial charge on any atom is 0.351 e. The molecule has 3 nitrogen and oxygen atoms in total. The SMILES string of the molecule is CCCCC(CC)Cc1ccc(-c2c3cc(C(C)(C)C)sc3c(-c3ccc(CC(CC)CCCC)s3)c3cc(-c4sc(C(C)(C)CC)c5c(F)c(C(=O)OCCOCC)sc45)sc23)s1. The standard InChI is InChI=1S/C54H69FO3S6/c1-12-18-20-32(14-3)28-34-22-24-38(59-34)42-36-30-40(48-49-44(51(64-48)54(10,11)16-5)45(55)50(63-49)52(56)58-27-26-57-17-6)61-46(36)43(37-31-41(53(7,8)9)62-47(37)42)39-25-23-35(60-39)29-33(15-4)21-19-13-2/h22-25,30-33H,12-21,26-29H2,1-11H3. The van der Waals surface area contributed by atoms with Gasteiger partial charge in [0.05, 0.1) is 16.2 Å². The summed E-state index contributed by atoms with van der Waals surface area (Å²) in [4.78, 5) is 23.7. The largest absolute Gasteiger partial charge is 0.459 e. The minimum absolute atomic E-state index is 0.00450. The second-order valence-corrected chi connectivity index (χ2v) is 25.7. The van der Waals surface area contributed by atoms with Crippen LogP contribution in [0.1, 0.15) is 163 Å². The summed E-state index contributed by atoms with van der Waals surface area (Å²) in [7, 11) is 0. The number of ether oxygens (including phenoxy) is 2. The Morgan fingerprint density at radius 3 is 1.78 bits per heavy atom. The number of unbranched alkanes of at least 4 members (excludes halogenated alkanes) is 2. The van der Waals surface area contributed by atoms with Gasteiger partial charge in [-0.15, -0.1) is 68.0 Å². The zero-order valence-electron chi connectivity index (χ0n) is 40.1. The smallest absolute Gasteiger partial charge is 0.351 e. The highest BCUT2D eigenvalue weighted by atomic mass is 32.1. The van der Waals surface area contributed by atoms with Crippen LogP contribution in [0.2, 0.25) is 0 Å². The van der Waals surface area contributed by atoms with Crippen LogP contribution in [-0.2, 0) is 33.1 Å². The summed E-state index contributed by atoms with van der Waals surface area (Å²) < 4.78 is 31.3. The zero-order chi connectivity index (χ0) is 45.9. The number of hydrogen-bond acceptors (Lipinski definition) is 9. The molecule has 0 spiro atoms. The van der Waals surface area contributed by atoms with E-state index in [-0.39, 0.29) is 28.9 Å². The summed E-state index contributed by atoms with van der Waals surface area (Å²) in [5.41, 5.74) is 2.36. The summed E-state index contributed by atoms with van der Waals surface area (Å²) in [5, 5.41) is 3.19. The number of esters is 1. The summed E-state index contributed by atoms with van der Waals surface area (Å²) in [6.45, 7) is 25.7. The molecule has 2 atom stereocenters. The average molecular weight is 978 g/mol. The molecule has 0 aliphatic heterocycles. The topological polar surface area (TPSA) is 35.5 Å². The van der Waals surface area contributed by atoms with Crippen molar-refractivity contribution in [3.05, 3.63) is 66.6 Å². The Labute approximate surface area is 406 Å². The predicted octanol–water partition coefficient (Wildman–Crippen LogP) is 19.4. The van der Waals surface area contributed by atoms with Gasteiger partial charge in [0, 0.05) is 77.4 Å². The van der Waals surface area contributed by atoms with Crippen molar-refractivity contribution in [2.75, 3.05) is 19.8 Å². The fraction of sp³-hybridized carbons (Fsp3) is 0.537. The number of benzene rings is 1. The van der Waals surface area contributed by atoms with Gasteiger partial charge in [0.2, 0.25) is 0 Å². The second-order valence-electron chi connectivity index (χ2n) is 19.3. The van der Waals surface area contributed by atoms with Crippen molar-refractivity contribution in [2.45, 2.75) is 158 Å². The van der Waals surface area contributed by atoms with Gasteiger partial charge < -0.3 is 9.47 Å². The molecule has 0 bridgehead atoms. The molecule has 0 saturated carbocycles.